The lowest BCUT2D eigenvalue weighted by Gasteiger charge is -2.33. The smallest absolute Gasteiger partial charge is 0.326 e. The normalized spacial score (nSPS) is 18.5. The van der Waals surface area contributed by atoms with Crippen LogP contribution in [0.1, 0.15) is 44.7 Å². The summed E-state index contributed by atoms with van der Waals surface area (Å²) in [7, 11) is 0. The van der Waals surface area contributed by atoms with Crippen LogP contribution in [0.3, 0.4) is 0 Å². The minimum absolute atomic E-state index is 0.211. The van der Waals surface area contributed by atoms with Crippen LogP contribution in [0, 0.1) is 0 Å². The summed E-state index contributed by atoms with van der Waals surface area (Å²) in [6, 6.07) is 15.6. The number of anilines is 2. The second kappa shape index (κ2) is 9.31. The second-order valence-electron chi connectivity index (χ2n) is 10.5. The molecule has 0 bridgehead atoms. The first-order valence-electron chi connectivity index (χ1n) is 12.2. The van der Waals surface area contributed by atoms with Crippen LogP contribution in [-0.4, -0.2) is 40.2 Å². The molecule has 34 heavy (non-hydrogen) atoms. The quantitative estimate of drug-likeness (QED) is 0.470. The summed E-state index contributed by atoms with van der Waals surface area (Å²) < 4.78 is 7.45. The van der Waals surface area contributed by atoms with Crippen molar-refractivity contribution in [3.63, 3.8) is 0 Å². The zero-order chi connectivity index (χ0) is 23.7. The number of carbonyl (C=O) groups excluding carboxylic acids is 1. The number of carbonyl (C=O) groups is 1. The third kappa shape index (κ3) is 5.37. The standard InChI is InChI=1S/C27H35N5O2/c1-27(2,3)34-26(33)18-32-12-10-20-13-19(6-9-25(20)32)16-31-11-4-5-23(17-31)29-22-7-8-24-21(14-22)15-28-30-24/h6-10,12-14,23,28-30H,4-5,11,15-18H2,1-3H3. The molecule has 7 heteroatoms. The van der Waals surface area contributed by atoms with Crippen LogP contribution in [0.4, 0.5) is 11.4 Å². The Kier molecular flexibility index (Phi) is 6.23. The summed E-state index contributed by atoms with van der Waals surface area (Å²) >= 11 is 0. The lowest BCUT2D eigenvalue weighted by molar-refractivity contribution is -0.155. The van der Waals surface area contributed by atoms with Gasteiger partial charge in [0.15, 0.2) is 0 Å². The van der Waals surface area contributed by atoms with E-state index in [0.717, 1.165) is 37.1 Å². The maximum atomic E-state index is 12.3. The molecular formula is C27H35N5O2. The molecule has 0 amide bonds. The first kappa shape index (κ1) is 22.7. The molecule has 1 unspecified atom stereocenters. The van der Waals surface area contributed by atoms with Gasteiger partial charge in [0.05, 0.1) is 5.69 Å². The Morgan fingerprint density at radius 1 is 1.18 bits per heavy atom. The molecule has 2 aromatic carbocycles. The number of hydrazine groups is 1. The molecule has 3 heterocycles. The van der Waals surface area contributed by atoms with Crippen LogP contribution in [0.15, 0.2) is 48.7 Å². The van der Waals surface area contributed by atoms with E-state index >= 15 is 0 Å². The van der Waals surface area contributed by atoms with Gasteiger partial charge in [-0.05, 0) is 93.1 Å². The van der Waals surface area contributed by atoms with Crippen LogP contribution in [0.25, 0.3) is 10.9 Å². The molecule has 0 spiro atoms. The number of piperidine rings is 1. The van der Waals surface area contributed by atoms with Gasteiger partial charge in [-0.2, -0.15) is 0 Å². The van der Waals surface area contributed by atoms with Crippen molar-refractivity contribution >= 4 is 28.2 Å². The topological polar surface area (TPSA) is 70.6 Å². The van der Waals surface area contributed by atoms with Gasteiger partial charge < -0.3 is 20.0 Å². The maximum absolute atomic E-state index is 12.3. The highest BCUT2D eigenvalue weighted by atomic mass is 16.6. The zero-order valence-corrected chi connectivity index (χ0v) is 20.4. The SMILES string of the molecule is CC(C)(C)OC(=O)Cn1ccc2cc(CN3CCCC(Nc4ccc5c(c4)CNN5)C3)ccc21. The first-order valence-corrected chi connectivity index (χ1v) is 12.2. The van der Waals surface area contributed by atoms with E-state index in [9.17, 15) is 4.79 Å². The predicted octanol–water partition coefficient (Wildman–Crippen LogP) is 4.49. The summed E-state index contributed by atoms with van der Waals surface area (Å²) in [5, 5.41) is 4.91. The molecule has 1 atom stereocenters. The Balaban J connectivity index is 1.20. The van der Waals surface area contributed by atoms with E-state index in [1.54, 1.807) is 0 Å². The van der Waals surface area contributed by atoms with Crippen molar-refractivity contribution in [2.24, 2.45) is 0 Å². The average molecular weight is 462 g/mol. The summed E-state index contributed by atoms with van der Waals surface area (Å²) in [5.74, 6) is -0.211. The van der Waals surface area contributed by atoms with E-state index in [4.69, 9.17) is 4.74 Å². The number of hydrogen-bond donors (Lipinski definition) is 3. The molecular weight excluding hydrogens is 426 g/mol. The molecule has 3 aromatic rings. The van der Waals surface area contributed by atoms with Crippen LogP contribution in [-0.2, 0) is 29.2 Å². The molecule has 2 aliphatic heterocycles. The van der Waals surface area contributed by atoms with Crippen LogP contribution >= 0.6 is 0 Å². The number of nitrogens with zero attached hydrogens (tertiary/aromatic N) is 2. The summed E-state index contributed by atoms with van der Waals surface area (Å²) in [4.78, 5) is 14.8. The molecule has 0 radical (unpaired) electrons. The lowest BCUT2D eigenvalue weighted by Crippen LogP contribution is -2.41. The largest absolute Gasteiger partial charge is 0.459 e. The van der Waals surface area contributed by atoms with Crippen LogP contribution in [0.2, 0.25) is 0 Å². The number of aromatic nitrogens is 1. The van der Waals surface area contributed by atoms with Crippen molar-refractivity contribution in [1.82, 2.24) is 14.9 Å². The molecule has 5 rings (SSSR count). The Labute approximate surface area is 201 Å². The van der Waals surface area contributed by atoms with E-state index < -0.39 is 5.60 Å². The Bertz CT molecular complexity index is 1180. The highest BCUT2D eigenvalue weighted by Crippen LogP contribution is 2.26. The molecule has 1 saturated heterocycles. The number of nitrogens with one attached hydrogen (secondary N) is 3. The minimum atomic E-state index is -0.469. The zero-order valence-electron chi connectivity index (χ0n) is 20.4. The van der Waals surface area contributed by atoms with E-state index in [1.165, 1.54) is 35.3 Å². The Morgan fingerprint density at radius 3 is 2.91 bits per heavy atom. The Morgan fingerprint density at radius 2 is 2.06 bits per heavy atom. The molecule has 7 nitrogen and oxygen atoms in total. The Hall–Kier alpha value is -3.03. The fourth-order valence-electron chi connectivity index (χ4n) is 5.00. The number of hydrogen-bond acceptors (Lipinski definition) is 6. The third-order valence-electron chi connectivity index (χ3n) is 6.44. The molecule has 0 aliphatic carbocycles. The lowest BCUT2D eigenvalue weighted by atomic mass is 10.0. The summed E-state index contributed by atoms with van der Waals surface area (Å²) in [6.07, 6.45) is 4.36. The number of fused-ring (bicyclic) bond motifs is 2. The van der Waals surface area contributed by atoms with Gasteiger partial charge in [0.2, 0.25) is 0 Å². The summed E-state index contributed by atoms with van der Waals surface area (Å²) in [5.41, 5.74) is 11.9. The number of benzene rings is 2. The van der Waals surface area contributed by atoms with Gasteiger partial charge in [-0.1, -0.05) is 6.07 Å². The first-order chi connectivity index (χ1) is 16.3. The van der Waals surface area contributed by atoms with Gasteiger partial charge in [-0.25, -0.2) is 5.43 Å². The van der Waals surface area contributed by atoms with Crippen LogP contribution in [0.5, 0.6) is 0 Å². The van der Waals surface area contributed by atoms with E-state index in [1.807, 2.05) is 31.5 Å². The predicted molar refractivity (Wildman–Crippen MR) is 137 cm³/mol. The third-order valence-corrected chi connectivity index (χ3v) is 6.44. The van der Waals surface area contributed by atoms with Crippen molar-refractivity contribution in [2.75, 3.05) is 23.8 Å². The van der Waals surface area contributed by atoms with E-state index in [2.05, 4.69) is 63.5 Å². The highest BCUT2D eigenvalue weighted by molar-refractivity contribution is 5.82. The molecule has 180 valence electrons. The fraction of sp³-hybridized carbons (Fsp3) is 0.444. The second-order valence-corrected chi connectivity index (χ2v) is 10.5. The molecule has 1 aromatic heterocycles. The minimum Gasteiger partial charge on any atom is -0.459 e. The van der Waals surface area contributed by atoms with Crippen molar-refractivity contribution in [3.8, 4) is 0 Å². The number of esters is 1. The highest BCUT2D eigenvalue weighted by Gasteiger charge is 2.21. The van der Waals surface area contributed by atoms with E-state index in [0.29, 0.717) is 6.04 Å². The summed E-state index contributed by atoms with van der Waals surface area (Å²) in [6.45, 7) is 9.87. The van der Waals surface area contributed by atoms with Crippen molar-refractivity contribution in [3.05, 3.63) is 59.8 Å². The maximum Gasteiger partial charge on any atom is 0.326 e. The van der Waals surface area contributed by atoms with E-state index in [-0.39, 0.29) is 12.5 Å². The number of rotatable bonds is 6. The van der Waals surface area contributed by atoms with Gasteiger partial charge in [0, 0.05) is 43.1 Å². The van der Waals surface area contributed by atoms with Gasteiger partial charge in [-0.3, -0.25) is 9.69 Å². The molecule has 3 N–H and O–H groups in total. The monoisotopic (exact) mass is 461 g/mol. The van der Waals surface area contributed by atoms with Crippen molar-refractivity contribution in [2.45, 2.75) is 64.9 Å². The number of ether oxygens (including phenoxy) is 1. The van der Waals surface area contributed by atoms with Gasteiger partial charge >= 0.3 is 5.97 Å². The van der Waals surface area contributed by atoms with Gasteiger partial charge in [0.25, 0.3) is 0 Å². The van der Waals surface area contributed by atoms with Crippen molar-refractivity contribution < 1.29 is 9.53 Å². The van der Waals surface area contributed by atoms with Crippen molar-refractivity contribution in [1.29, 1.82) is 0 Å². The molecule has 0 saturated carbocycles. The number of likely N-dealkylation sites (tertiary alicyclic amines) is 1. The average Bonchev–Trinajstić information content (AvgIpc) is 3.39. The fourth-order valence-corrected chi connectivity index (χ4v) is 5.00. The molecule has 1 fully saturated rings. The molecule has 2 aliphatic rings. The van der Waals surface area contributed by atoms with Crippen LogP contribution < -0.4 is 16.2 Å². The van der Waals surface area contributed by atoms with Gasteiger partial charge in [0.1, 0.15) is 12.1 Å². The van der Waals surface area contributed by atoms with Gasteiger partial charge in [-0.15, -0.1) is 0 Å².